The maximum absolute atomic E-state index is 12.5. The lowest BCUT2D eigenvalue weighted by molar-refractivity contribution is 0.174. The van der Waals surface area contributed by atoms with Gasteiger partial charge in [0.15, 0.2) is 21.3 Å². The van der Waals surface area contributed by atoms with E-state index in [1.54, 1.807) is 11.8 Å². The van der Waals surface area contributed by atoms with Gasteiger partial charge in [0.05, 0.1) is 11.0 Å². The lowest BCUT2D eigenvalue weighted by Gasteiger charge is -2.28. The van der Waals surface area contributed by atoms with Crippen molar-refractivity contribution in [2.45, 2.75) is 37.9 Å². The highest BCUT2D eigenvalue weighted by Crippen LogP contribution is 2.36. The van der Waals surface area contributed by atoms with E-state index in [4.69, 9.17) is 9.47 Å². The van der Waals surface area contributed by atoms with Crippen LogP contribution in [0.5, 0.6) is 11.5 Å². The summed E-state index contributed by atoms with van der Waals surface area (Å²) in [4.78, 5) is 14.1. The Hall–Kier alpha value is -1.96. The zero-order valence-electron chi connectivity index (χ0n) is 15.4. The summed E-state index contributed by atoms with van der Waals surface area (Å²) in [5, 5.41) is 2.55. The Morgan fingerprint density at radius 2 is 2.00 bits per heavy atom. The SMILES string of the molecule is CC1CCN(C(=O)NCC(C)(C)c2ccc3c(c2)OCO3)CCS1(=O)=O. The highest BCUT2D eigenvalue weighted by Gasteiger charge is 2.30. The molecule has 1 atom stereocenters. The third-order valence-electron chi connectivity index (χ3n) is 5.19. The first-order valence-electron chi connectivity index (χ1n) is 8.83. The summed E-state index contributed by atoms with van der Waals surface area (Å²) < 4.78 is 34.7. The molecule has 2 heterocycles. The van der Waals surface area contributed by atoms with Gasteiger partial charge in [-0.15, -0.1) is 0 Å². The molecular weight excluding hydrogens is 356 g/mol. The second kappa shape index (κ2) is 6.98. The minimum Gasteiger partial charge on any atom is -0.454 e. The molecule has 7 nitrogen and oxygen atoms in total. The number of fused-ring (bicyclic) bond motifs is 1. The van der Waals surface area contributed by atoms with Gasteiger partial charge in [0.2, 0.25) is 6.79 Å². The van der Waals surface area contributed by atoms with Crippen LogP contribution in [0.25, 0.3) is 0 Å². The fraction of sp³-hybridized carbons (Fsp3) is 0.611. The van der Waals surface area contributed by atoms with Crippen LogP contribution in [0, 0.1) is 0 Å². The summed E-state index contributed by atoms with van der Waals surface area (Å²) in [6, 6.07) is 5.57. The molecule has 2 aliphatic rings. The lowest BCUT2D eigenvalue weighted by atomic mass is 9.84. The average molecular weight is 382 g/mol. The molecule has 0 saturated carbocycles. The molecule has 1 fully saturated rings. The Labute approximate surface area is 154 Å². The van der Waals surface area contributed by atoms with Crippen molar-refractivity contribution < 1.29 is 22.7 Å². The predicted octanol–water partition coefficient (Wildman–Crippen LogP) is 1.91. The summed E-state index contributed by atoms with van der Waals surface area (Å²) in [5.41, 5.74) is 0.733. The normalized spacial score (nSPS) is 22.0. The third kappa shape index (κ3) is 3.90. The molecule has 0 radical (unpaired) electrons. The van der Waals surface area contributed by atoms with Crippen LogP contribution in [0.3, 0.4) is 0 Å². The smallest absolute Gasteiger partial charge is 0.317 e. The van der Waals surface area contributed by atoms with Crippen molar-refractivity contribution in [2.24, 2.45) is 0 Å². The molecule has 8 heteroatoms. The molecule has 1 saturated heterocycles. The maximum Gasteiger partial charge on any atom is 0.317 e. The topological polar surface area (TPSA) is 84.9 Å². The van der Waals surface area contributed by atoms with Gasteiger partial charge in [-0.1, -0.05) is 19.9 Å². The van der Waals surface area contributed by atoms with Gasteiger partial charge in [0, 0.05) is 25.0 Å². The number of sulfone groups is 1. The van der Waals surface area contributed by atoms with Crippen LogP contribution in [0.15, 0.2) is 18.2 Å². The summed E-state index contributed by atoms with van der Waals surface area (Å²) in [5.74, 6) is 1.47. The number of nitrogens with zero attached hydrogens (tertiary/aromatic N) is 1. The van der Waals surface area contributed by atoms with Crippen LogP contribution < -0.4 is 14.8 Å². The van der Waals surface area contributed by atoms with Crippen molar-refractivity contribution in [3.8, 4) is 11.5 Å². The molecule has 26 heavy (non-hydrogen) atoms. The Morgan fingerprint density at radius 1 is 1.27 bits per heavy atom. The molecule has 1 aromatic rings. The van der Waals surface area contributed by atoms with Gasteiger partial charge in [-0.3, -0.25) is 0 Å². The van der Waals surface area contributed by atoms with E-state index in [0.29, 0.717) is 25.3 Å². The van der Waals surface area contributed by atoms with E-state index in [1.165, 1.54) is 0 Å². The molecule has 0 bridgehead atoms. The summed E-state index contributed by atoms with van der Waals surface area (Å²) in [6.07, 6.45) is 0.474. The number of rotatable bonds is 3. The van der Waals surface area contributed by atoms with Crippen LogP contribution in [0.2, 0.25) is 0 Å². The van der Waals surface area contributed by atoms with Gasteiger partial charge in [0.25, 0.3) is 0 Å². The van der Waals surface area contributed by atoms with Crippen LogP contribution in [-0.2, 0) is 15.3 Å². The van der Waals surface area contributed by atoms with E-state index >= 15 is 0 Å². The van der Waals surface area contributed by atoms with Gasteiger partial charge < -0.3 is 19.7 Å². The Morgan fingerprint density at radius 3 is 2.77 bits per heavy atom. The minimum atomic E-state index is -3.10. The fourth-order valence-electron chi connectivity index (χ4n) is 3.10. The number of ether oxygens (including phenoxy) is 2. The van der Waals surface area contributed by atoms with Crippen molar-refractivity contribution in [3.63, 3.8) is 0 Å². The summed E-state index contributed by atoms with van der Waals surface area (Å²) in [7, 11) is -3.10. The first-order chi connectivity index (χ1) is 12.2. The van der Waals surface area contributed by atoms with Crippen molar-refractivity contribution >= 4 is 15.9 Å². The van der Waals surface area contributed by atoms with Gasteiger partial charge in [0.1, 0.15) is 0 Å². The zero-order chi connectivity index (χ0) is 18.9. The third-order valence-corrected chi connectivity index (χ3v) is 7.40. The highest BCUT2D eigenvalue weighted by molar-refractivity contribution is 7.92. The number of amides is 2. The van der Waals surface area contributed by atoms with E-state index in [0.717, 1.165) is 11.3 Å². The van der Waals surface area contributed by atoms with Crippen molar-refractivity contribution in [1.82, 2.24) is 10.2 Å². The number of nitrogens with one attached hydrogen (secondary N) is 1. The number of benzene rings is 1. The largest absolute Gasteiger partial charge is 0.454 e. The molecule has 0 spiro atoms. The fourth-order valence-corrected chi connectivity index (χ4v) is 4.44. The van der Waals surface area contributed by atoms with Gasteiger partial charge >= 0.3 is 6.03 Å². The molecule has 3 rings (SSSR count). The molecule has 1 aromatic carbocycles. The number of urea groups is 1. The first-order valence-corrected chi connectivity index (χ1v) is 10.5. The summed E-state index contributed by atoms with van der Waals surface area (Å²) >= 11 is 0. The predicted molar refractivity (Wildman–Crippen MR) is 98.4 cm³/mol. The molecule has 2 amide bonds. The van der Waals surface area contributed by atoms with Gasteiger partial charge in [-0.2, -0.15) is 0 Å². The zero-order valence-corrected chi connectivity index (χ0v) is 16.3. The van der Waals surface area contributed by atoms with E-state index in [1.807, 2.05) is 32.0 Å². The first kappa shape index (κ1) is 18.8. The molecule has 2 aliphatic heterocycles. The van der Waals surface area contributed by atoms with Crippen LogP contribution in [0.1, 0.15) is 32.8 Å². The second-order valence-electron chi connectivity index (χ2n) is 7.56. The molecule has 0 aliphatic carbocycles. The standard InChI is InChI=1S/C18H26N2O5S/c1-13-6-7-20(8-9-26(13,22)23)17(21)19-11-18(2,3)14-4-5-15-16(10-14)25-12-24-15/h4-5,10,13H,6-9,11-12H2,1-3H3,(H,19,21). The number of carbonyl (C=O) groups excluding carboxylic acids is 1. The van der Waals surface area contributed by atoms with Crippen molar-refractivity contribution in [3.05, 3.63) is 23.8 Å². The van der Waals surface area contributed by atoms with Crippen molar-refractivity contribution in [2.75, 3.05) is 32.2 Å². The summed E-state index contributed by atoms with van der Waals surface area (Å²) in [6.45, 7) is 7.15. The minimum absolute atomic E-state index is 0.0210. The molecule has 144 valence electrons. The van der Waals surface area contributed by atoms with E-state index < -0.39 is 15.1 Å². The quantitative estimate of drug-likeness (QED) is 0.863. The maximum atomic E-state index is 12.5. The number of hydrogen-bond acceptors (Lipinski definition) is 5. The second-order valence-corrected chi connectivity index (χ2v) is 10.1. The Bertz CT molecular complexity index is 791. The lowest BCUT2D eigenvalue weighted by Crippen LogP contribution is -2.45. The Balaban J connectivity index is 1.61. The number of hydrogen-bond donors (Lipinski definition) is 1. The molecule has 0 aromatic heterocycles. The molecular formula is C18H26N2O5S. The van der Waals surface area contributed by atoms with Crippen LogP contribution in [0.4, 0.5) is 4.79 Å². The van der Waals surface area contributed by atoms with E-state index in [9.17, 15) is 13.2 Å². The van der Waals surface area contributed by atoms with Crippen LogP contribution in [-0.4, -0.2) is 56.8 Å². The Kier molecular flexibility index (Phi) is 5.05. The van der Waals surface area contributed by atoms with Crippen molar-refractivity contribution in [1.29, 1.82) is 0 Å². The molecule has 1 unspecified atom stereocenters. The highest BCUT2D eigenvalue weighted by atomic mass is 32.2. The van der Waals surface area contributed by atoms with Gasteiger partial charge in [-0.25, -0.2) is 13.2 Å². The van der Waals surface area contributed by atoms with E-state index in [-0.39, 0.29) is 30.5 Å². The van der Waals surface area contributed by atoms with E-state index in [2.05, 4.69) is 5.32 Å². The average Bonchev–Trinajstić information content (AvgIpc) is 3.02. The van der Waals surface area contributed by atoms with Crippen LogP contribution >= 0.6 is 0 Å². The molecule has 1 N–H and O–H groups in total. The number of carbonyl (C=O) groups is 1. The monoisotopic (exact) mass is 382 g/mol. The van der Waals surface area contributed by atoms with Gasteiger partial charge in [-0.05, 0) is 31.0 Å².